The largest absolute Gasteiger partial charge is 0.478 e. The number of hydrazone groups is 1. The van der Waals surface area contributed by atoms with E-state index in [9.17, 15) is 19.5 Å². The Labute approximate surface area is 235 Å². The molecule has 198 valence electrons. The van der Waals surface area contributed by atoms with E-state index in [0.717, 1.165) is 22.2 Å². The molecule has 0 saturated carbocycles. The summed E-state index contributed by atoms with van der Waals surface area (Å²) in [6.07, 6.45) is 0.554. The van der Waals surface area contributed by atoms with Gasteiger partial charge in [-0.3, -0.25) is 14.6 Å². The van der Waals surface area contributed by atoms with Crippen LogP contribution in [0.25, 0.3) is 10.8 Å². The quantitative estimate of drug-likeness (QED) is 0.252. The van der Waals surface area contributed by atoms with Crippen molar-refractivity contribution >= 4 is 45.6 Å². The molecule has 1 N–H and O–H groups in total. The van der Waals surface area contributed by atoms with Gasteiger partial charge in [-0.05, 0) is 53.4 Å². The lowest BCUT2D eigenvalue weighted by molar-refractivity contribution is 0.0696. The average molecular weight is 538 g/mol. The SMILES string of the molecule is O=C(O)c1cccc(N2N=C(c3ccc4c5c(cccc35)C(=O)N(c3ccccc3)C4=O)C[C@@H]2c2ccccc2)c1. The lowest BCUT2D eigenvalue weighted by Crippen LogP contribution is -2.40. The second-order valence-electron chi connectivity index (χ2n) is 10.0. The van der Waals surface area contributed by atoms with E-state index in [2.05, 4.69) is 0 Å². The smallest absolute Gasteiger partial charge is 0.335 e. The van der Waals surface area contributed by atoms with E-state index in [0.29, 0.717) is 34.3 Å². The number of para-hydroxylation sites is 1. The van der Waals surface area contributed by atoms with Gasteiger partial charge in [0.2, 0.25) is 0 Å². The van der Waals surface area contributed by atoms with E-state index in [-0.39, 0.29) is 23.4 Å². The highest BCUT2D eigenvalue weighted by atomic mass is 16.4. The fourth-order valence-corrected chi connectivity index (χ4v) is 5.79. The average Bonchev–Trinajstić information content (AvgIpc) is 3.46. The molecule has 0 aliphatic carbocycles. The number of hydrogen-bond donors (Lipinski definition) is 1. The summed E-state index contributed by atoms with van der Waals surface area (Å²) in [4.78, 5) is 40.2. The number of imide groups is 1. The van der Waals surface area contributed by atoms with Gasteiger partial charge in [-0.15, -0.1) is 0 Å². The van der Waals surface area contributed by atoms with Crippen molar-refractivity contribution in [1.82, 2.24) is 0 Å². The molecule has 0 spiro atoms. The van der Waals surface area contributed by atoms with Crippen molar-refractivity contribution in [2.24, 2.45) is 5.10 Å². The number of carbonyl (C=O) groups is 3. The summed E-state index contributed by atoms with van der Waals surface area (Å²) in [6.45, 7) is 0. The molecule has 7 nitrogen and oxygen atoms in total. The summed E-state index contributed by atoms with van der Waals surface area (Å²) in [6, 6.07) is 34.7. The van der Waals surface area contributed by atoms with Crippen LogP contribution in [-0.4, -0.2) is 28.6 Å². The van der Waals surface area contributed by atoms with Crippen molar-refractivity contribution in [1.29, 1.82) is 0 Å². The second-order valence-corrected chi connectivity index (χ2v) is 10.0. The Bertz CT molecular complexity index is 1880. The van der Waals surface area contributed by atoms with Gasteiger partial charge in [0.15, 0.2) is 0 Å². The van der Waals surface area contributed by atoms with E-state index < -0.39 is 5.97 Å². The number of benzene rings is 5. The third kappa shape index (κ3) is 3.98. The van der Waals surface area contributed by atoms with Crippen molar-refractivity contribution in [3.05, 3.63) is 143 Å². The minimum absolute atomic E-state index is 0.169. The monoisotopic (exact) mass is 537 g/mol. The van der Waals surface area contributed by atoms with E-state index in [4.69, 9.17) is 5.10 Å². The molecule has 1 atom stereocenters. The lowest BCUT2D eigenvalue weighted by Gasteiger charge is -2.27. The maximum absolute atomic E-state index is 13.6. The normalized spacial score (nSPS) is 16.3. The number of aromatic carboxylic acids is 1. The van der Waals surface area contributed by atoms with E-state index in [1.54, 1.807) is 54.6 Å². The van der Waals surface area contributed by atoms with Crippen LogP contribution in [0.3, 0.4) is 0 Å². The first kappa shape index (κ1) is 24.5. The number of nitrogens with zero attached hydrogens (tertiary/aromatic N) is 3. The van der Waals surface area contributed by atoms with E-state index >= 15 is 0 Å². The van der Waals surface area contributed by atoms with Crippen molar-refractivity contribution in [2.45, 2.75) is 12.5 Å². The van der Waals surface area contributed by atoms with Crippen LogP contribution in [0.2, 0.25) is 0 Å². The van der Waals surface area contributed by atoms with Gasteiger partial charge in [0.05, 0.1) is 28.7 Å². The van der Waals surface area contributed by atoms with Crippen LogP contribution in [0.15, 0.2) is 120 Å². The summed E-state index contributed by atoms with van der Waals surface area (Å²) in [5, 5.41) is 17.9. The summed E-state index contributed by atoms with van der Waals surface area (Å²) in [7, 11) is 0. The lowest BCUT2D eigenvalue weighted by atomic mass is 9.88. The standard InChI is InChI=1S/C34H23N3O4/c38-32-27-16-8-15-26-25(17-18-28(31(26)27)33(39)36(32)23-12-5-2-6-13-23)29-20-30(21-9-3-1-4-10-21)37(35-29)24-14-7-11-22(19-24)34(40)41/h1-19,30H,20H2,(H,40,41)/t30-/m1/s1. The third-order valence-corrected chi connectivity index (χ3v) is 7.69. The molecular weight excluding hydrogens is 514 g/mol. The minimum Gasteiger partial charge on any atom is -0.478 e. The molecule has 2 amide bonds. The first-order valence-corrected chi connectivity index (χ1v) is 13.3. The molecule has 0 unspecified atom stereocenters. The molecule has 41 heavy (non-hydrogen) atoms. The summed E-state index contributed by atoms with van der Waals surface area (Å²) >= 11 is 0. The Morgan fingerprint density at radius 1 is 0.707 bits per heavy atom. The van der Waals surface area contributed by atoms with Gasteiger partial charge < -0.3 is 5.11 Å². The highest BCUT2D eigenvalue weighted by molar-refractivity contribution is 6.36. The molecule has 0 aromatic heterocycles. The van der Waals surface area contributed by atoms with Crippen LogP contribution >= 0.6 is 0 Å². The number of carbonyl (C=O) groups excluding carboxylic acids is 2. The Morgan fingerprint density at radius 3 is 2.07 bits per heavy atom. The van der Waals surface area contributed by atoms with Crippen molar-refractivity contribution in [3.8, 4) is 0 Å². The molecule has 0 radical (unpaired) electrons. The Morgan fingerprint density at radius 2 is 1.34 bits per heavy atom. The molecule has 7 rings (SSSR count). The van der Waals surface area contributed by atoms with Crippen molar-refractivity contribution < 1.29 is 19.5 Å². The van der Waals surface area contributed by atoms with Gasteiger partial charge in [-0.1, -0.05) is 72.8 Å². The Kier molecular flexibility index (Phi) is 5.71. The third-order valence-electron chi connectivity index (χ3n) is 7.69. The topological polar surface area (TPSA) is 90.3 Å². The number of amides is 2. The first-order chi connectivity index (χ1) is 20.0. The molecule has 0 fully saturated rings. The maximum Gasteiger partial charge on any atom is 0.335 e. The predicted molar refractivity (Wildman–Crippen MR) is 158 cm³/mol. The molecule has 2 aliphatic heterocycles. The second kappa shape index (κ2) is 9.57. The molecule has 5 aromatic rings. The van der Waals surface area contributed by atoms with Crippen LogP contribution < -0.4 is 9.91 Å². The molecule has 5 aromatic carbocycles. The fraction of sp³-hybridized carbons (Fsp3) is 0.0588. The van der Waals surface area contributed by atoms with Crippen LogP contribution in [0.1, 0.15) is 54.7 Å². The summed E-state index contributed by atoms with van der Waals surface area (Å²) < 4.78 is 0. The minimum atomic E-state index is -1.01. The van der Waals surface area contributed by atoms with Crippen LogP contribution in [0, 0.1) is 0 Å². The first-order valence-electron chi connectivity index (χ1n) is 13.3. The van der Waals surface area contributed by atoms with Crippen LogP contribution in [0.5, 0.6) is 0 Å². The molecular formula is C34H23N3O4. The van der Waals surface area contributed by atoms with Gasteiger partial charge in [0.1, 0.15) is 0 Å². The van der Waals surface area contributed by atoms with Crippen LogP contribution in [0.4, 0.5) is 11.4 Å². The molecule has 7 heteroatoms. The number of carboxylic acids is 1. The Balaban J connectivity index is 1.36. The number of anilines is 2. The van der Waals surface area contributed by atoms with Gasteiger partial charge >= 0.3 is 5.97 Å². The van der Waals surface area contributed by atoms with Gasteiger partial charge in [-0.25, -0.2) is 9.69 Å². The van der Waals surface area contributed by atoms with Gasteiger partial charge in [0, 0.05) is 28.5 Å². The molecule has 0 saturated heterocycles. The fourth-order valence-electron chi connectivity index (χ4n) is 5.79. The summed E-state index contributed by atoms with van der Waals surface area (Å²) in [5.41, 5.74) is 4.96. The highest BCUT2D eigenvalue weighted by Gasteiger charge is 2.36. The summed E-state index contributed by atoms with van der Waals surface area (Å²) in [5.74, 6) is -1.73. The maximum atomic E-state index is 13.6. The van der Waals surface area contributed by atoms with E-state index in [1.807, 2.05) is 65.7 Å². The van der Waals surface area contributed by atoms with E-state index in [1.165, 1.54) is 4.90 Å². The number of hydrogen-bond acceptors (Lipinski definition) is 5. The zero-order chi connectivity index (χ0) is 28.1. The highest BCUT2D eigenvalue weighted by Crippen LogP contribution is 2.40. The molecule has 2 aliphatic rings. The Hall–Kier alpha value is -5.56. The van der Waals surface area contributed by atoms with Crippen molar-refractivity contribution in [2.75, 3.05) is 9.91 Å². The number of carboxylic acid groups (broad SMARTS) is 1. The predicted octanol–water partition coefficient (Wildman–Crippen LogP) is 6.69. The zero-order valence-electron chi connectivity index (χ0n) is 21.8. The molecule has 2 heterocycles. The van der Waals surface area contributed by atoms with Gasteiger partial charge in [-0.2, -0.15) is 5.10 Å². The van der Waals surface area contributed by atoms with Crippen LogP contribution in [-0.2, 0) is 0 Å². The molecule has 0 bridgehead atoms. The van der Waals surface area contributed by atoms with Crippen molar-refractivity contribution in [3.63, 3.8) is 0 Å². The zero-order valence-corrected chi connectivity index (χ0v) is 21.8. The number of rotatable bonds is 5. The van der Waals surface area contributed by atoms with Gasteiger partial charge in [0.25, 0.3) is 11.8 Å².